The number of aromatic nitrogens is 5. The normalized spacial score (nSPS) is 21.2. The molecule has 3 saturated heterocycles. The van der Waals surface area contributed by atoms with E-state index in [1.165, 1.54) is 6.07 Å². The van der Waals surface area contributed by atoms with Crippen LogP contribution < -0.4 is 15.5 Å². The summed E-state index contributed by atoms with van der Waals surface area (Å²) in [5.41, 5.74) is 2.17. The molecule has 5 aliphatic rings. The van der Waals surface area contributed by atoms with E-state index in [1.54, 1.807) is 10.9 Å². The highest BCUT2D eigenvalue weighted by atomic mass is 19.4. The molecule has 3 atom stereocenters. The number of nitrogens with zero attached hydrogens (tertiary/aromatic N) is 8. The van der Waals surface area contributed by atoms with E-state index in [2.05, 4.69) is 35.8 Å². The van der Waals surface area contributed by atoms with Crippen LogP contribution in [0.5, 0.6) is 0 Å². The highest BCUT2D eigenvalue weighted by molar-refractivity contribution is 6.23. The SMILES string of the molecule is CC(C)(c1n[nH]c(CNC(=O)[C@H]2C[C@@H]2c2ccc(-c3cnn(-c4ccc(C(=O)N5CCC(CN6CCN(c7cc8c(cc7F)C(=O)N(C7CCC(=O)NC7=O)C8=O)CC6)CC5)cc4)c3)cc2)n1)C(F)(F)F. The second kappa shape index (κ2) is 18.5. The van der Waals surface area contributed by atoms with Gasteiger partial charge in [-0.3, -0.25) is 49.0 Å². The Labute approximate surface area is 404 Å². The van der Waals surface area contributed by atoms with Gasteiger partial charge in [0.2, 0.25) is 17.7 Å². The predicted molar refractivity (Wildman–Crippen MR) is 248 cm³/mol. The second-order valence-electron chi connectivity index (χ2n) is 19.6. The summed E-state index contributed by atoms with van der Waals surface area (Å²) in [7, 11) is 0. The first-order chi connectivity index (χ1) is 33.9. The second-order valence-corrected chi connectivity index (χ2v) is 19.6. The third kappa shape index (κ3) is 9.29. The van der Waals surface area contributed by atoms with Crippen LogP contribution in [0.4, 0.5) is 23.2 Å². The minimum absolute atomic E-state index is 0.00304. The van der Waals surface area contributed by atoms with E-state index < -0.39 is 47.1 Å². The zero-order chi connectivity index (χ0) is 49.9. The van der Waals surface area contributed by atoms with Crippen molar-refractivity contribution < 1.29 is 46.3 Å². The first-order valence-corrected chi connectivity index (χ1v) is 23.8. The number of alkyl halides is 3. The van der Waals surface area contributed by atoms with Crippen LogP contribution in [0.3, 0.4) is 0 Å². The Kier molecular flexibility index (Phi) is 12.3. The molecule has 0 radical (unpaired) electrons. The standard InChI is InChI=1S/C50H51F4N11O6/c1-49(2,50(52,53)54)48-57-41(59-60-48)25-55-43(67)35-21-34(35)30-5-3-29(4-6-30)32-24-56-64(27-32)33-9-7-31(8-10-33)45(69)63-15-13-28(14-16-63)26-61-17-19-62(20-18-61)40-23-37-36(22-38(40)51)46(70)65(47(37)71)39-11-12-42(66)58-44(39)68/h3-10,22-24,27-28,34-35,39H,11-21,25-26H2,1-2H3,(H,55,67)(H,57,59,60)(H,58,66,68)/t34-,35+,39?/m1/s1. The molecule has 10 rings (SSSR count). The molecule has 1 aliphatic carbocycles. The first kappa shape index (κ1) is 47.4. The molecular weight excluding hydrogens is 927 g/mol. The third-order valence-electron chi connectivity index (χ3n) is 14.6. The molecule has 4 fully saturated rings. The number of piperazine rings is 1. The molecule has 21 heteroatoms. The number of benzene rings is 3. The molecule has 1 unspecified atom stereocenters. The number of aromatic amines is 1. The van der Waals surface area contributed by atoms with Gasteiger partial charge in [-0.05, 0) is 98.9 Å². The van der Waals surface area contributed by atoms with Gasteiger partial charge in [-0.1, -0.05) is 24.3 Å². The Balaban J connectivity index is 0.662. The summed E-state index contributed by atoms with van der Waals surface area (Å²) in [6.45, 7) is 6.42. The Morgan fingerprint density at radius 3 is 2.21 bits per heavy atom. The summed E-state index contributed by atoms with van der Waals surface area (Å²) < 4.78 is 57.4. The van der Waals surface area contributed by atoms with Crippen molar-refractivity contribution in [1.29, 1.82) is 0 Å². The minimum Gasteiger partial charge on any atom is -0.367 e. The number of hydrogen-bond acceptors (Lipinski definition) is 11. The van der Waals surface area contributed by atoms with Crippen molar-refractivity contribution in [3.8, 4) is 16.8 Å². The van der Waals surface area contributed by atoms with Crippen LogP contribution in [-0.4, -0.2) is 133 Å². The number of H-pyrrole nitrogens is 1. The van der Waals surface area contributed by atoms with Gasteiger partial charge in [0.05, 0.1) is 35.2 Å². The topological polar surface area (TPSA) is 199 Å². The number of hydrogen-bond donors (Lipinski definition) is 3. The molecule has 4 aliphatic heterocycles. The van der Waals surface area contributed by atoms with E-state index in [-0.39, 0.29) is 71.5 Å². The number of carbonyl (C=O) groups excluding carboxylic acids is 6. The fourth-order valence-corrected chi connectivity index (χ4v) is 9.99. The lowest BCUT2D eigenvalue weighted by Crippen LogP contribution is -2.54. The maximum Gasteiger partial charge on any atom is 0.401 e. The molecule has 2 aromatic heterocycles. The van der Waals surface area contributed by atoms with Gasteiger partial charge in [-0.15, -0.1) is 0 Å². The van der Waals surface area contributed by atoms with Crippen LogP contribution in [0.15, 0.2) is 73.1 Å². The molecule has 5 aromatic rings. The average Bonchev–Trinajstić information content (AvgIpc) is 3.62. The van der Waals surface area contributed by atoms with Crippen LogP contribution in [0.1, 0.15) is 100 Å². The highest BCUT2D eigenvalue weighted by Gasteiger charge is 2.52. The number of anilines is 1. The maximum absolute atomic E-state index is 15.5. The molecule has 0 bridgehead atoms. The Bertz CT molecular complexity index is 2920. The molecule has 3 aromatic carbocycles. The van der Waals surface area contributed by atoms with Gasteiger partial charge >= 0.3 is 6.18 Å². The van der Waals surface area contributed by atoms with Crippen molar-refractivity contribution in [3.05, 3.63) is 113 Å². The molecule has 6 amide bonds. The molecule has 1 saturated carbocycles. The van der Waals surface area contributed by atoms with E-state index in [9.17, 15) is 41.9 Å². The van der Waals surface area contributed by atoms with Crippen LogP contribution in [0.2, 0.25) is 0 Å². The lowest BCUT2D eigenvalue weighted by atomic mass is 9.92. The van der Waals surface area contributed by atoms with Crippen molar-refractivity contribution in [2.75, 3.05) is 50.7 Å². The van der Waals surface area contributed by atoms with Gasteiger partial charge < -0.3 is 15.1 Å². The number of rotatable bonds is 12. The van der Waals surface area contributed by atoms with Crippen molar-refractivity contribution in [1.82, 2.24) is 50.3 Å². The Hall–Kier alpha value is -7.29. The summed E-state index contributed by atoms with van der Waals surface area (Å²) in [6.07, 6.45) is 1.52. The fraction of sp³-hybridized carbons (Fsp3) is 0.420. The summed E-state index contributed by atoms with van der Waals surface area (Å²) in [4.78, 5) is 87.9. The number of piperidine rings is 2. The zero-order valence-corrected chi connectivity index (χ0v) is 39.0. The van der Waals surface area contributed by atoms with Crippen molar-refractivity contribution in [2.24, 2.45) is 11.8 Å². The molecule has 71 heavy (non-hydrogen) atoms. The maximum atomic E-state index is 15.5. The van der Waals surface area contributed by atoms with E-state index in [0.29, 0.717) is 57.2 Å². The smallest absolute Gasteiger partial charge is 0.367 e. The Morgan fingerprint density at radius 2 is 1.54 bits per heavy atom. The monoisotopic (exact) mass is 977 g/mol. The zero-order valence-electron chi connectivity index (χ0n) is 39.0. The van der Waals surface area contributed by atoms with Crippen LogP contribution >= 0.6 is 0 Å². The molecule has 6 heterocycles. The van der Waals surface area contributed by atoms with Crippen LogP contribution in [0.25, 0.3) is 16.8 Å². The van der Waals surface area contributed by atoms with Gasteiger partial charge in [-0.25, -0.2) is 14.1 Å². The van der Waals surface area contributed by atoms with E-state index >= 15 is 4.39 Å². The first-order valence-electron chi connectivity index (χ1n) is 23.8. The number of likely N-dealkylation sites (tertiary alicyclic amines) is 1. The fourth-order valence-electron chi connectivity index (χ4n) is 9.99. The predicted octanol–water partition coefficient (Wildman–Crippen LogP) is 5.13. The summed E-state index contributed by atoms with van der Waals surface area (Å²) in [6, 6.07) is 16.6. The van der Waals surface area contributed by atoms with Crippen molar-refractivity contribution in [3.63, 3.8) is 0 Å². The molecule has 17 nitrogen and oxygen atoms in total. The largest absolute Gasteiger partial charge is 0.401 e. The molecule has 370 valence electrons. The number of halogens is 4. The molecular formula is C50H51F4N11O6. The van der Waals surface area contributed by atoms with Gasteiger partial charge in [0, 0.05) is 75.5 Å². The highest BCUT2D eigenvalue weighted by Crippen LogP contribution is 2.48. The van der Waals surface area contributed by atoms with E-state index in [4.69, 9.17) is 0 Å². The number of imide groups is 2. The number of carbonyl (C=O) groups is 6. The van der Waals surface area contributed by atoms with Crippen molar-refractivity contribution in [2.45, 2.75) is 76.0 Å². The van der Waals surface area contributed by atoms with Gasteiger partial charge in [0.15, 0.2) is 5.82 Å². The van der Waals surface area contributed by atoms with Crippen LogP contribution in [-0.2, 0) is 26.3 Å². The van der Waals surface area contributed by atoms with Crippen LogP contribution in [0, 0.1) is 17.7 Å². The average molecular weight is 978 g/mol. The molecule has 3 N–H and O–H groups in total. The van der Waals surface area contributed by atoms with Gasteiger partial charge in [0.1, 0.15) is 23.1 Å². The van der Waals surface area contributed by atoms with Gasteiger partial charge in [0.25, 0.3) is 17.7 Å². The number of amides is 6. The summed E-state index contributed by atoms with van der Waals surface area (Å²) in [5.74, 6) is -3.54. The van der Waals surface area contributed by atoms with Gasteiger partial charge in [-0.2, -0.15) is 23.4 Å². The minimum atomic E-state index is -4.52. The lowest BCUT2D eigenvalue weighted by Gasteiger charge is -2.39. The van der Waals surface area contributed by atoms with Crippen molar-refractivity contribution >= 4 is 41.1 Å². The summed E-state index contributed by atoms with van der Waals surface area (Å²) in [5, 5.41) is 15.7. The number of fused-ring (bicyclic) bond motifs is 1. The van der Waals surface area contributed by atoms with E-state index in [1.807, 2.05) is 64.5 Å². The molecule has 0 spiro atoms. The quantitative estimate of drug-likeness (QED) is 0.111. The Morgan fingerprint density at radius 1 is 0.845 bits per heavy atom. The number of nitrogens with one attached hydrogen (secondary N) is 3. The third-order valence-corrected chi connectivity index (χ3v) is 14.6. The van der Waals surface area contributed by atoms with E-state index in [0.717, 1.165) is 66.6 Å². The lowest BCUT2D eigenvalue weighted by molar-refractivity contribution is -0.182. The summed E-state index contributed by atoms with van der Waals surface area (Å²) >= 11 is 0.